The van der Waals surface area contributed by atoms with Gasteiger partial charge in [-0.3, -0.25) is 0 Å². The minimum atomic E-state index is 0.531. The van der Waals surface area contributed by atoms with Crippen molar-refractivity contribution in [3.05, 3.63) is 78.5 Å². The van der Waals surface area contributed by atoms with Gasteiger partial charge in [0.1, 0.15) is 5.82 Å². The van der Waals surface area contributed by atoms with E-state index in [1.807, 2.05) is 55.6 Å². The van der Waals surface area contributed by atoms with Crippen LogP contribution in [0.3, 0.4) is 0 Å². The Morgan fingerprint density at radius 2 is 1.62 bits per heavy atom. The molecular formula is C21H19N5. The summed E-state index contributed by atoms with van der Waals surface area (Å²) in [5.41, 5.74) is 3.83. The summed E-state index contributed by atoms with van der Waals surface area (Å²) in [5.74, 6) is 1.34. The number of aromatic nitrogens is 3. The Morgan fingerprint density at radius 1 is 0.846 bits per heavy atom. The van der Waals surface area contributed by atoms with Gasteiger partial charge in [0, 0.05) is 24.6 Å². The highest BCUT2D eigenvalue weighted by Crippen LogP contribution is 2.29. The van der Waals surface area contributed by atoms with Crippen LogP contribution >= 0.6 is 0 Å². The van der Waals surface area contributed by atoms with Gasteiger partial charge >= 0.3 is 0 Å². The Balaban J connectivity index is 1.82. The molecule has 0 aliphatic rings. The Kier molecular flexibility index (Phi) is 4.19. The van der Waals surface area contributed by atoms with Crippen LogP contribution in [0.1, 0.15) is 5.56 Å². The molecule has 5 nitrogen and oxygen atoms in total. The van der Waals surface area contributed by atoms with Gasteiger partial charge in [0.15, 0.2) is 5.65 Å². The van der Waals surface area contributed by atoms with Gasteiger partial charge in [-0.2, -0.15) is 9.97 Å². The average Bonchev–Trinajstić information content (AvgIpc) is 2.69. The fourth-order valence-corrected chi connectivity index (χ4v) is 2.87. The molecular weight excluding hydrogens is 322 g/mol. The van der Waals surface area contributed by atoms with Crippen molar-refractivity contribution in [1.29, 1.82) is 0 Å². The fraction of sp³-hybridized carbons (Fsp3) is 0.0952. The molecule has 2 aromatic carbocycles. The van der Waals surface area contributed by atoms with Gasteiger partial charge in [-0.15, -0.1) is 0 Å². The van der Waals surface area contributed by atoms with Crippen molar-refractivity contribution in [3.63, 3.8) is 0 Å². The maximum atomic E-state index is 4.78. The number of fused-ring (bicyclic) bond motifs is 1. The maximum Gasteiger partial charge on any atom is 0.231 e. The largest absolute Gasteiger partial charge is 0.329 e. The molecule has 26 heavy (non-hydrogen) atoms. The van der Waals surface area contributed by atoms with E-state index in [9.17, 15) is 0 Å². The number of nitrogens with one attached hydrogen (secondary N) is 1. The van der Waals surface area contributed by atoms with E-state index in [2.05, 4.69) is 45.3 Å². The molecule has 1 N–H and O–H groups in total. The number of nitrogens with zero attached hydrogens (tertiary/aromatic N) is 4. The molecule has 0 fully saturated rings. The molecule has 0 saturated heterocycles. The van der Waals surface area contributed by atoms with Crippen LogP contribution in [0.25, 0.3) is 11.0 Å². The highest BCUT2D eigenvalue weighted by molar-refractivity contribution is 5.90. The third-order valence-electron chi connectivity index (χ3n) is 4.30. The van der Waals surface area contributed by atoms with Crippen molar-refractivity contribution in [2.24, 2.45) is 0 Å². The fourth-order valence-electron chi connectivity index (χ4n) is 2.87. The number of hydrogen-bond donors (Lipinski definition) is 1. The third-order valence-corrected chi connectivity index (χ3v) is 4.30. The number of para-hydroxylation sites is 2. The molecule has 0 saturated carbocycles. The van der Waals surface area contributed by atoms with E-state index in [-0.39, 0.29) is 0 Å². The number of pyridine rings is 1. The lowest BCUT2D eigenvalue weighted by molar-refractivity contribution is 1.10. The van der Waals surface area contributed by atoms with Crippen LogP contribution in [0.4, 0.5) is 23.1 Å². The molecule has 4 rings (SSSR count). The van der Waals surface area contributed by atoms with E-state index in [1.54, 1.807) is 6.20 Å². The number of hydrogen-bond acceptors (Lipinski definition) is 5. The molecule has 5 heteroatoms. The Hall–Kier alpha value is -3.47. The first-order chi connectivity index (χ1) is 12.7. The SMILES string of the molecule is Cc1ccccc1Nc1nc(N(C)c2ccccc2)c2cccnc2n1. The van der Waals surface area contributed by atoms with E-state index >= 15 is 0 Å². The molecule has 0 amide bonds. The smallest absolute Gasteiger partial charge is 0.231 e. The van der Waals surface area contributed by atoms with E-state index in [0.29, 0.717) is 11.6 Å². The molecule has 0 atom stereocenters. The zero-order chi connectivity index (χ0) is 17.9. The van der Waals surface area contributed by atoms with Crippen LogP contribution in [-0.4, -0.2) is 22.0 Å². The molecule has 0 unspecified atom stereocenters. The number of benzene rings is 2. The summed E-state index contributed by atoms with van der Waals surface area (Å²) in [4.78, 5) is 15.8. The molecule has 0 spiro atoms. The summed E-state index contributed by atoms with van der Waals surface area (Å²) >= 11 is 0. The van der Waals surface area contributed by atoms with Crippen LogP contribution in [0.2, 0.25) is 0 Å². The molecule has 4 aromatic rings. The first-order valence-electron chi connectivity index (χ1n) is 8.46. The van der Waals surface area contributed by atoms with E-state index in [4.69, 9.17) is 4.98 Å². The highest BCUT2D eigenvalue weighted by Gasteiger charge is 2.14. The lowest BCUT2D eigenvalue weighted by Crippen LogP contribution is -2.13. The van der Waals surface area contributed by atoms with Crippen molar-refractivity contribution in [3.8, 4) is 0 Å². The molecule has 128 valence electrons. The van der Waals surface area contributed by atoms with Gasteiger partial charge in [-0.25, -0.2) is 4.98 Å². The van der Waals surface area contributed by atoms with E-state index in [0.717, 1.165) is 28.1 Å². The second kappa shape index (κ2) is 6.80. The first-order valence-corrected chi connectivity index (χ1v) is 8.46. The van der Waals surface area contributed by atoms with Gasteiger partial charge in [-0.1, -0.05) is 36.4 Å². The molecule has 0 aliphatic heterocycles. The summed E-state index contributed by atoms with van der Waals surface area (Å²) in [5, 5.41) is 4.23. The zero-order valence-electron chi connectivity index (χ0n) is 14.7. The lowest BCUT2D eigenvalue weighted by atomic mass is 10.2. The second-order valence-electron chi connectivity index (χ2n) is 6.08. The predicted octanol–water partition coefficient (Wildman–Crippen LogP) is 4.84. The van der Waals surface area contributed by atoms with Crippen LogP contribution in [0.5, 0.6) is 0 Å². The minimum Gasteiger partial charge on any atom is -0.329 e. The van der Waals surface area contributed by atoms with Crippen molar-refractivity contribution < 1.29 is 0 Å². The average molecular weight is 341 g/mol. The number of aryl methyl sites for hydroxylation is 1. The van der Waals surface area contributed by atoms with Gasteiger partial charge in [0.25, 0.3) is 0 Å². The normalized spacial score (nSPS) is 10.7. The van der Waals surface area contributed by atoms with Crippen LogP contribution in [0.15, 0.2) is 72.9 Å². The summed E-state index contributed by atoms with van der Waals surface area (Å²) < 4.78 is 0. The van der Waals surface area contributed by atoms with Crippen LogP contribution in [0, 0.1) is 6.92 Å². The zero-order valence-corrected chi connectivity index (χ0v) is 14.7. The lowest BCUT2D eigenvalue weighted by Gasteiger charge is -2.20. The summed E-state index contributed by atoms with van der Waals surface area (Å²) in [6.45, 7) is 2.05. The van der Waals surface area contributed by atoms with Gasteiger partial charge in [0.2, 0.25) is 5.95 Å². The number of rotatable bonds is 4. The van der Waals surface area contributed by atoms with Crippen molar-refractivity contribution in [2.45, 2.75) is 6.92 Å². The molecule has 2 heterocycles. The van der Waals surface area contributed by atoms with Crippen molar-refractivity contribution in [2.75, 3.05) is 17.3 Å². The summed E-state index contributed by atoms with van der Waals surface area (Å²) in [6.07, 6.45) is 1.75. The Labute approximate surface area is 152 Å². The quantitative estimate of drug-likeness (QED) is 0.575. The molecule has 2 aromatic heterocycles. The van der Waals surface area contributed by atoms with Crippen molar-refractivity contribution >= 4 is 34.2 Å². The predicted molar refractivity (Wildman–Crippen MR) is 106 cm³/mol. The molecule has 0 aliphatic carbocycles. The molecule has 0 radical (unpaired) electrons. The standard InChI is InChI=1S/C21H19N5/c1-15-9-6-7-13-18(15)23-21-24-19-17(12-8-14-22-19)20(25-21)26(2)16-10-4-3-5-11-16/h3-14H,1-2H3,(H,22,23,24,25). The van der Waals surface area contributed by atoms with Crippen LogP contribution < -0.4 is 10.2 Å². The summed E-state index contributed by atoms with van der Waals surface area (Å²) in [7, 11) is 2.00. The topological polar surface area (TPSA) is 53.9 Å². The van der Waals surface area contributed by atoms with Gasteiger partial charge in [-0.05, 0) is 42.8 Å². The number of anilines is 4. The molecule has 0 bridgehead atoms. The minimum absolute atomic E-state index is 0.531. The van der Waals surface area contributed by atoms with E-state index < -0.39 is 0 Å². The van der Waals surface area contributed by atoms with Gasteiger partial charge in [0.05, 0.1) is 5.39 Å². The Morgan fingerprint density at radius 3 is 2.42 bits per heavy atom. The van der Waals surface area contributed by atoms with Crippen molar-refractivity contribution in [1.82, 2.24) is 15.0 Å². The monoisotopic (exact) mass is 341 g/mol. The summed E-state index contributed by atoms with van der Waals surface area (Å²) in [6, 6.07) is 22.1. The van der Waals surface area contributed by atoms with Gasteiger partial charge < -0.3 is 10.2 Å². The first kappa shape index (κ1) is 16.0. The third kappa shape index (κ3) is 3.07. The van der Waals surface area contributed by atoms with E-state index in [1.165, 1.54) is 0 Å². The highest BCUT2D eigenvalue weighted by atomic mass is 15.2. The maximum absolute atomic E-state index is 4.78. The second-order valence-corrected chi connectivity index (χ2v) is 6.08. The Bertz CT molecular complexity index is 1050. The van der Waals surface area contributed by atoms with Crippen LogP contribution in [-0.2, 0) is 0 Å².